The zero-order valence-corrected chi connectivity index (χ0v) is 17.4. The fourth-order valence-electron chi connectivity index (χ4n) is 3.02. The number of ether oxygens (including phenoxy) is 1. The van der Waals surface area contributed by atoms with Crippen LogP contribution in [-0.4, -0.2) is 27.8 Å². The minimum atomic E-state index is -0.140. The van der Waals surface area contributed by atoms with Gasteiger partial charge >= 0.3 is 0 Å². The third-order valence-corrected chi connectivity index (χ3v) is 5.37. The summed E-state index contributed by atoms with van der Waals surface area (Å²) in [5.41, 5.74) is 2.56. The maximum atomic E-state index is 12.6. The minimum absolute atomic E-state index is 0.140. The van der Waals surface area contributed by atoms with Crippen LogP contribution in [0.4, 0.5) is 16.6 Å². The zero-order valence-electron chi connectivity index (χ0n) is 16.6. The molecule has 152 valence electrons. The number of anilines is 3. The van der Waals surface area contributed by atoms with E-state index in [2.05, 4.69) is 15.7 Å². The van der Waals surface area contributed by atoms with Crippen molar-refractivity contribution in [3.8, 4) is 17.0 Å². The van der Waals surface area contributed by atoms with Crippen LogP contribution >= 0.6 is 11.3 Å². The highest BCUT2D eigenvalue weighted by Crippen LogP contribution is 2.35. The summed E-state index contributed by atoms with van der Waals surface area (Å²) in [6.45, 7) is 0. The van der Waals surface area contributed by atoms with Crippen molar-refractivity contribution >= 4 is 33.9 Å². The Hall–Kier alpha value is -3.65. The molecule has 2 aromatic carbocycles. The highest BCUT2D eigenvalue weighted by molar-refractivity contribution is 7.16. The number of hydrogen-bond acceptors (Lipinski definition) is 6. The summed E-state index contributed by atoms with van der Waals surface area (Å²) in [5.74, 6) is 1.11. The standard InChI is InChI=1S/C22H21N5O2S/c1-27-13-12-19(26-27)24-20(28)14-18-21(15-8-4-3-5-9-15)25-22(30-18)23-16-10-6-7-11-17(16)29-2/h3-13H,14H2,1-2H3,(H,23,25)(H,24,26,28). The van der Waals surface area contributed by atoms with E-state index in [-0.39, 0.29) is 12.3 Å². The van der Waals surface area contributed by atoms with Crippen molar-refractivity contribution in [2.45, 2.75) is 6.42 Å². The number of carbonyl (C=O) groups is 1. The van der Waals surface area contributed by atoms with Gasteiger partial charge in [0.05, 0.1) is 24.9 Å². The Morgan fingerprint density at radius 2 is 1.87 bits per heavy atom. The molecule has 2 aromatic heterocycles. The summed E-state index contributed by atoms with van der Waals surface area (Å²) >= 11 is 1.45. The third-order valence-electron chi connectivity index (χ3n) is 4.40. The molecule has 0 radical (unpaired) electrons. The molecule has 4 aromatic rings. The Morgan fingerprint density at radius 1 is 1.10 bits per heavy atom. The van der Waals surface area contributed by atoms with Crippen molar-refractivity contribution in [2.75, 3.05) is 17.7 Å². The van der Waals surface area contributed by atoms with Gasteiger partial charge in [0.1, 0.15) is 5.75 Å². The van der Waals surface area contributed by atoms with E-state index in [1.165, 1.54) is 11.3 Å². The number of nitrogens with zero attached hydrogens (tertiary/aromatic N) is 3. The van der Waals surface area contributed by atoms with Crippen LogP contribution in [0, 0.1) is 0 Å². The molecule has 0 bridgehead atoms. The highest BCUT2D eigenvalue weighted by atomic mass is 32.1. The van der Waals surface area contributed by atoms with Crippen LogP contribution in [0.5, 0.6) is 5.75 Å². The zero-order chi connectivity index (χ0) is 20.9. The van der Waals surface area contributed by atoms with Crippen LogP contribution in [0.15, 0.2) is 66.9 Å². The second kappa shape index (κ2) is 8.79. The average Bonchev–Trinajstić information content (AvgIpc) is 3.34. The fourth-order valence-corrected chi connectivity index (χ4v) is 4.02. The van der Waals surface area contributed by atoms with Crippen molar-refractivity contribution in [1.82, 2.24) is 14.8 Å². The lowest BCUT2D eigenvalue weighted by Gasteiger charge is -2.08. The van der Waals surface area contributed by atoms with E-state index >= 15 is 0 Å². The Morgan fingerprint density at radius 3 is 2.60 bits per heavy atom. The molecule has 0 unspecified atom stereocenters. The van der Waals surface area contributed by atoms with E-state index in [9.17, 15) is 4.79 Å². The van der Waals surface area contributed by atoms with Crippen molar-refractivity contribution < 1.29 is 9.53 Å². The van der Waals surface area contributed by atoms with Crippen molar-refractivity contribution in [1.29, 1.82) is 0 Å². The van der Waals surface area contributed by atoms with Gasteiger partial charge in [0.15, 0.2) is 10.9 Å². The van der Waals surface area contributed by atoms with Crippen LogP contribution in [0.1, 0.15) is 4.88 Å². The number of methoxy groups -OCH3 is 1. The molecule has 0 spiro atoms. The number of benzene rings is 2. The molecule has 1 amide bonds. The predicted octanol–water partition coefficient (Wildman–Crippen LogP) is 4.48. The van der Waals surface area contributed by atoms with Gasteiger partial charge in [-0.05, 0) is 12.1 Å². The number of aryl methyl sites for hydroxylation is 1. The first-order valence-corrected chi connectivity index (χ1v) is 10.2. The summed E-state index contributed by atoms with van der Waals surface area (Å²) < 4.78 is 7.06. The fraction of sp³-hybridized carbons (Fsp3) is 0.136. The summed E-state index contributed by atoms with van der Waals surface area (Å²) in [7, 11) is 3.44. The Labute approximate surface area is 178 Å². The summed E-state index contributed by atoms with van der Waals surface area (Å²) in [4.78, 5) is 18.3. The Balaban J connectivity index is 1.61. The molecule has 0 saturated heterocycles. The summed E-state index contributed by atoms with van der Waals surface area (Å²) in [5, 5.41) is 11.0. The molecular weight excluding hydrogens is 398 g/mol. The molecule has 0 aliphatic heterocycles. The van der Waals surface area contributed by atoms with Crippen molar-refractivity contribution in [3.63, 3.8) is 0 Å². The van der Waals surface area contributed by atoms with Gasteiger partial charge in [0, 0.05) is 29.8 Å². The molecule has 0 saturated carbocycles. The number of carbonyl (C=O) groups excluding carboxylic acids is 1. The van der Waals surface area contributed by atoms with Crippen LogP contribution in [0.2, 0.25) is 0 Å². The molecule has 0 aliphatic carbocycles. The first-order valence-electron chi connectivity index (χ1n) is 9.37. The second-order valence-corrected chi connectivity index (χ2v) is 7.67. The topological polar surface area (TPSA) is 81.1 Å². The van der Waals surface area contributed by atoms with Gasteiger partial charge in [-0.1, -0.05) is 42.5 Å². The lowest BCUT2D eigenvalue weighted by atomic mass is 10.1. The van der Waals surface area contributed by atoms with E-state index in [1.54, 1.807) is 24.1 Å². The van der Waals surface area contributed by atoms with Crippen LogP contribution in [0.25, 0.3) is 11.3 Å². The lowest BCUT2D eigenvalue weighted by molar-refractivity contribution is -0.115. The number of aromatic nitrogens is 3. The van der Waals surface area contributed by atoms with E-state index in [0.29, 0.717) is 10.9 Å². The number of amides is 1. The largest absolute Gasteiger partial charge is 0.495 e. The number of rotatable bonds is 7. The molecule has 0 aliphatic rings. The minimum Gasteiger partial charge on any atom is -0.495 e. The number of para-hydroxylation sites is 2. The maximum Gasteiger partial charge on any atom is 0.230 e. The average molecular weight is 420 g/mol. The molecule has 2 heterocycles. The Kier molecular flexibility index (Phi) is 5.76. The quantitative estimate of drug-likeness (QED) is 0.462. The molecule has 7 nitrogen and oxygen atoms in total. The molecule has 4 rings (SSSR count). The predicted molar refractivity (Wildman–Crippen MR) is 119 cm³/mol. The molecule has 0 fully saturated rings. The first-order chi connectivity index (χ1) is 14.6. The molecule has 30 heavy (non-hydrogen) atoms. The van der Waals surface area contributed by atoms with Crippen LogP contribution in [0.3, 0.4) is 0 Å². The van der Waals surface area contributed by atoms with Gasteiger partial charge in [-0.25, -0.2) is 4.98 Å². The maximum absolute atomic E-state index is 12.6. The van der Waals surface area contributed by atoms with Gasteiger partial charge in [0.25, 0.3) is 0 Å². The molecule has 8 heteroatoms. The number of thiazole rings is 1. The summed E-state index contributed by atoms with van der Waals surface area (Å²) in [6, 6.07) is 19.3. The van der Waals surface area contributed by atoms with Gasteiger partial charge in [-0.15, -0.1) is 11.3 Å². The van der Waals surface area contributed by atoms with Gasteiger partial charge in [-0.3, -0.25) is 9.48 Å². The van der Waals surface area contributed by atoms with Crippen molar-refractivity contribution in [3.05, 3.63) is 71.7 Å². The normalized spacial score (nSPS) is 10.6. The monoisotopic (exact) mass is 419 g/mol. The van der Waals surface area contributed by atoms with E-state index in [1.807, 2.05) is 61.6 Å². The van der Waals surface area contributed by atoms with E-state index in [0.717, 1.165) is 27.6 Å². The number of nitrogens with one attached hydrogen (secondary N) is 2. The smallest absolute Gasteiger partial charge is 0.230 e. The highest BCUT2D eigenvalue weighted by Gasteiger charge is 2.17. The molecule has 0 atom stereocenters. The SMILES string of the molecule is COc1ccccc1Nc1nc(-c2ccccc2)c(CC(=O)Nc2ccn(C)n2)s1. The first kappa shape index (κ1) is 19.7. The number of hydrogen-bond donors (Lipinski definition) is 2. The van der Waals surface area contributed by atoms with E-state index in [4.69, 9.17) is 9.72 Å². The van der Waals surface area contributed by atoms with Gasteiger partial charge < -0.3 is 15.4 Å². The summed E-state index contributed by atoms with van der Waals surface area (Å²) in [6.07, 6.45) is 1.99. The van der Waals surface area contributed by atoms with Crippen LogP contribution < -0.4 is 15.4 Å². The second-order valence-electron chi connectivity index (χ2n) is 6.58. The van der Waals surface area contributed by atoms with Gasteiger partial charge in [0.2, 0.25) is 5.91 Å². The van der Waals surface area contributed by atoms with E-state index < -0.39 is 0 Å². The lowest BCUT2D eigenvalue weighted by Crippen LogP contribution is -2.14. The molecule has 2 N–H and O–H groups in total. The molecular formula is C22H21N5O2S. The van der Waals surface area contributed by atoms with Gasteiger partial charge in [-0.2, -0.15) is 5.10 Å². The van der Waals surface area contributed by atoms with Crippen LogP contribution in [-0.2, 0) is 18.3 Å². The van der Waals surface area contributed by atoms with Crippen molar-refractivity contribution in [2.24, 2.45) is 7.05 Å². The third kappa shape index (κ3) is 4.49. The Bertz CT molecular complexity index is 1150.